The summed E-state index contributed by atoms with van der Waals surface area (Å²) < 4.78 is 10.7. The first kappa shape index (κ1) is 21.8. The first-order valence-corrected chi connectivity index (χ1v) is 11.0. The fourth-order valence-electron chi connectivity index (χ4n) is 3.66. The summed E-state index contributed by atoms with van der Waals surface area (Å²) in [7, 11) is 0. The average Bonchev–Trinajstić information content (AvgIpc) is 3.05. The highest BCUT2D eigenvalue weighted by molar-refractivity contribution is 8.15. The molecule has 0 N–H and O–H groups in total. The Morgan fingerprint density at radius 3 is 2.44 bits per heavy atom. The molecule has 0 saturated carbocycles. The van der Waals surface area contributed by atoms with Crippen molar-refractivity contribution in [3.63, 3.8) is 0 Å². The number of fused-ring (bicyclic) bond motifs is 1. The molecule has 2 atom stereocenters. The first-order valence-electron chi connectivity index (χ1n) is 10.1. The SMILES string of the molecule is CC(=O)Oc1ccc([C@H]2C(C(=O)OCc3ccccc3)=C(C)N=C3S[C@@H](C)C(=O)N32)cc1. The van der Waals surface area contributed by atoms with Gasteiger partial charge in [0.25, 0.3) is 0 Å². The van der Waals surface area contributed by atoms with Crippen LogP contribution in [-0.2, 0) is 25.7 Å². The zero-order valence-corrected chi connectivity index (χ0v) is 18.7. The van der Waals surface area contributed by atoms with Gasteiger partial charge in [0.15, 0.2) is 5.17 Å². The van der Waals surface area contributed by atoms with Crippen LogP contribution in [0, 0.1) is 0 Å². The van der Waals surface area contributed by atoms with Gasteiger partial charge in [0.1, 0.15) is 12.4 Å². The van der Waals surface area contributed by atoms with Gasteiger partial charge in [0, 0.05) is 6.92 Å². The zero-order chi connectivity index (χ0) is 22.8. The molecule has 2 aromatic carbocycles. The molecular weight excluding hydrogens is 428 g/mol. The number of rotatable bonds is 5. The van der Waals surface area contributed by atoms with Gasteiger partial charge in [-0.3, -0.25) is 14.5 Å². The van der Waals surface area contributed by atoms with Crippen LogP contribution in [-0.4, -0.2) is 33.2 Å². The molecular formula is C24H22N2O5S. The Balaban J connectivity index is 1.69. The average molecular weight is 451 g/mol. The summed E-state index contributed by atoms with van der Waals surface area (Å²) in [5.41, 5.74) is 2.39. The minimum atomic E-state index is -0.679. The molecule has 2 aliphatic heterocycles. The number of allylic oxidation sites excluding steroid dienone is 1. The van der Waals surface area contributed by atoms with Crippen molar-refractivity contribution in [3.8, 4) is 5.75 Å². The highest BCUT2D eigenvalue weighted by Crippen LogP contribution is 2.43. The Morgan fingerprint density at radius 1 is 1.09 bits per heavy atom. The monoisotopic (exact) mass is 450 g/mol. The van der Waals surface area contributed by atoms with Gasteiger partial charge in [0.05, 0.1) is 22.6 Å². The van der Waals surface area contributed by atoms with E-state index in [9.17, 15) is 14.4 Å². The number of amidine groups is 1. The number of ether oxygens (including phenoxy) is 2. The minimum Gasteiger partial charge on any atom is -0.457 e. The summed E-state index contributed by atoms with van der Waals surface area (Å²) in [4.78, 5) is 43.5. The molecule has 1 fully saturated rings. The van der Waals surface area contributed by atoms with Crippen LogP contribution in [0.3, 0.4) is 0 Å². The maximum atomic E-state index is 13.2. The van der Waals surface area contributed by atoms with Gasteiger partial charge in [-0.05, 0) is 37.1 Å². The third kappa shape index (κ3) is 4.31. The number of amides is 1. The number of hydrogen-bond acceptors (Lipinski definition) is 7. The lowest BCUT2D eigenvalue weighted by Gasteiger charge is -2.33. The number of carbonyl (C=O) groups is 3. The van der Waals surface area contributed by atoms with E-state index in [2.05, 4.69) is 4.99 Å². The molecule has 0 unspecified atom stereocenters. The highest BCUT2D eigenvalue weighted by atomic mass is 32.2. The molecule has 1 amide bonds. The Bertz CT molecular complexity index is 1120. The quantitative estimate of drug-likeness (QED) is 0.506. The molecule has 164 valence electrons. The van der Waals surface area contributed by atoms with Gasteiger partial charge >= 0.3 is 11.9 Å². The molecule has 0 bridgehead atoms. The van der Waals surface area contributed by atoms with E-state index in [4.69, 9.17) is 9.47 Å². The number of benzene rings is 2. The number of thioether (sulfide) groups is 1. The molecule has 8 heteroatoms. The van der Waals surface area contributed by atoms with Gasteiger partial charge in [-0.1, -0.05) is 54.2 Å². The maximum Gasteiger partial charge on any atom is 0.338 e. The molecule has 7 nitrogen and oxygen atoms in total. The van der Waals surface area contributed by atoms with Crippen molar-refractivity contribution in [2.75, 3.05) is 0 Å². The van der Waals surface area contributed by atoms with Crippen molar-refractivity contribution in [2.24, 2.45) is 4.99 Å². The number of esters is 2. The molecule has 2 aromatic rings. The summed E-state index contributed by atoms with van der Waals surface area (Å²) in [5, 5.41) is 0.262. The molecule has 2 heterocycles. The van der Waals surface area contributed by atoms with Crippen LogP contribution >= 0.6 is 11.8 Å². The number of carbonyl (C=O) groups excluding carboxylic acids is 3. The standard InChI is InChI=1S/C24H22N2O5S/c1-14-20(23(29)30-13-17-7-5-4-6-8-17)21(26-22(28)15(2)32-24(26)25-14)18-9-11-19(12-10-18)31-16(3)27/h4-12,15,21H,13H2,1-3H3/t15-,21-/m0/s1. The normalized spacial score (nSPS) is 20.0. The van der Waals surface area contributed by atoms with Crippen molar-refractivity contribution >= 4 is 34.8 Å². The third-order valence-electron chi connectivity index (χ3n) is 5.15. The molecule has 0 aromatic heterocycles. The molecule has 0 aliphatic carbocycles. The fraction of sp³-hybridized carbons (Fsp3) is 0.250. The van der Waals surface area contributed by atoms with Crippen LogP contribution < -0.4 is 4.74 Å². The number of hydrogen-bond donors (Lipinski definition) is 0. The van der Waals surface area contributed by atoms with Crippen molar-refractivity contribution < 1.29 is 23.9 Å². The third-order valence-corrected chi connectivity index (χ3v) is 6.20. The Kier molecular flexibility index (Phi) is 6.14. The van der Waals surface area contributed by atoms with Crippen molar-refractivity contribution in [2.45, 2.75) is 38.7 Å². The van der Waals surface area contributed by atoms with Gasteiger partial charge in [-0.25, -0.2) is 9.79 Å². The predicted molar refractivity (Wildman–Crippen MR) is 121 cm³/mol. The van der Waals surface area contributed by atoms with E-state index in [1.807, 2.05) is 37.3 Å². The maximum absolute atomic E-state index is 13.2. The van der Waals surface area contributed by atoms with Crippen molar-refractivity contribution in [1.82, 2.24) is 4.90 Å². The summed E-state index contributed by atoms with van der Waals surface area (Å²) in [5.74, 6) is -0.690. The van der Waals surface area contributed by atoms with Crippen LogP contribution in [0.5, 0.6) is 5.75 Å². The second-order valence-electron chi connectivity index (χ2n) is 7.49. The van der Waals surface area contributed by atoms with Gasteiger partial charge in [-0.15, -0.1) is 0 Å². The van der Waals surface area contributed by atoms with E-state index >= 15 is 0 Å². The van der Waals surface area contributed by atoms with Gasteiger partial charge in [0.2, 0.25) is 5.91 Å². The van der Waals surface area contributed by atoms with Gasteiger partial charge < -0.3 is 9.47 Å². The van der Waals surface area contributed by atoms with Crippen LogP contribution in [0.4, 0.5) is 0 Å². The number of aliphatic imine (C=N–C) groups is 1. The van der Waals surface area contributed by atoms with E-state index in [1.54, 1.807) is 36.1 Å². The predicted octanol–water partition coefficient (Wildman–Crippen LogP) is 4.00. The molecule has 0 spiro atoms. The minimum absolute atomic E-state index is 0.115. The van der Waals surface area contributed by atoms with E-state index in [0.717, 1.165) is 5.56 Å². The van der Waals surface area contributed by atoms with Crippen LogP contribution in [0.1, 0.15) is 37.9 Å². The second-order valence-corrected chi connectivity index (χ2v) is 8.80. The fourth-order valence-corrected chi connectivity index (χ4v) is 4.69. The van der Waals surface area contributed by atoms with E-state index in [1.165, 1.54) is 18.7 Å². The Labute approximate surface area is 190 Å². The summed E-state index contributed by atoms with van der Waals surface area (Å²) in [6.07, 6.45) is 0. The molecule has 2 aliphatic rings. The zero-order valence-electron chi connectivity index (χ0n) is 17.9. The summed E-state index contributed by atoms with van der Waals surface area (Å²) in [6.45, 7) is 5.01. The van der Waals surface area contributed by atoms with Crippen LogP contribution in [0.15, 0.2) is 70.9 Å². The van der Waals surface area contributed by atoms with Crippen molar-refractivity contribution in [1.29, 1.82) is 0 Å². The summed E-state index contributed by atoms with van der Waals surface area (Å²) in [6, 6.07) is 15.5. The van der Waals surface area contributed by atoms with Gasteiger partial charge in [-0.2, -0.15) is 0 Å². The van der Waals surface area contributed by atoms with E-state index in [-0.39, 0.29) is 17.8 Å². The lowest BCUT2D eigenvalue weighted by atomic mass is 9.94. The lowest BCUT2D eigenvalue weighted by Crippen LogP contribution is -2.40. The van der Waals surface area contributed by atoms with Crippen LogP contribution in [0.25, 0.3) is 0 Å². The number of nitrogens with zero attached hydrogens (tertiary/aromatic N) is 2. The molecule has 0 radical (unpaired) electrons. The summed E-state index contributed by atoms with van der Waals surface area (Å²) >= 11 is 1.37. The smallest absolute Gasteiger partial charge is 0.338 e. The highest BCUT2D eigenvalue weighted by Gasteiger charge is 2.46. The van der Waals surface area contributed by atoms with E-state index in [0.29, 0.717) is 27.8 Å². The molecule has 32 heavy (non-hydrogen) atoms. The lowest BCUT2D eigenvalue weighted by molar-refractivity contribution is -0.141. The molecule has 1 saturated heterocycles. The second kappa shape index (κ2) is 9.00. The molecule has 4 rings (SSSR count). The van der Waals surface area contributed by atoms with E-state index < -0.39 is 18.0 Å². The Hall–Kier alpha value is -3.39. The van der Waals surface area contributed by atoms with Crippen LogP contribution in [0.2, 0.25) is 0 Å². The first-order chi connectivity index (χ1) is 15.3. The topological polar surface area (TPSA) is 85.3 Å². The Morgan fingerprint density at radius 2 is 1.78 bits per heavy atom. The largest absolute Gasteiger partial charge is 0.457 e. The van der Waals surface area contributed by atoms with Crippen molar-refractivity contribution in [3.05, 3.63) is 77.0 Å².